The highest BCUT2D eigenvalue weighted by atomic mass is 32.3. The third kappa shape index (κ3) is 4.90. The molecule has 2 aliphatic heterocycles. The molecule has 11 heteroatoms. The van der Waals surface area contributed by atoms with E-state index in [9.17, 15) is 26.4 Å². The maximum atomic E-state index is 12.7. The van der Waals surface area contributed by atoms with Gasteiger partial charge in [-0.05, 0) is 50.7 Å². The van der Waals surface area contributed by atoms with Crippen molar-refractivity contribution in [1.29, 1.82) is 0 Å². The Labute approximate surface area is 188 Å². The van der Waals surface area contributed by atoms with Crippen LogP contribution in [0.3, 0.4) is 0 Å². The molecule has 0 aromatic heterocycles. The Morgan fingerprint density at radius 2 is 1.59 bits per heavy atom. The van der Waals surface area contributed by atoms with Crippen LogP contribution in [-0.4, -0.2) is 76.2 Å². The van der Waals surface area contributed by atoms with Crippen molar-refractivity contribution < 1.29 is 35.9 Å². The smallest absolute Gasteiger partial charge is 0.261 e. The number of amides is 2. The van der Waals surface area contributed by atoms with Gasteiger partial charge < -0.3 is 9.47 Å². The van der Waals surface area contributed by atoms with E-state index < -0.39 is 48.5 Å². The Bertz CT molecular complexity index is 1010. The van der Waals surface area contributed by atoms with Crippen LogP contribution in [0.2, 0.25) is 0 Å². The van der Waals surface area contributed by atoms with Crippen LogP contribution in [0.15, 0.2) is 24.3 Å². The Morgan fingerprint density at radius 1 is 1.00 bits per heavy atom. The highest BCUT2D eigenvalue weighted by Gasteiger charge is 2.51. The van der Waals surface area contributed by atoms with Crippen molar-refractivity contribution in [3.8, 4) is 0 Å². The molecule has 1 unspecified atom stereocenters. The van der Waals surface area contributed by atoms with Crippen molar-refractivity contribution in [3.63, 3.8) is 0 Å². The third-order valence-electron chi connectivity index (χ3n) is 6.05. The van der Waals surface area contributed by atoms with E-state index in [1.807, 2.05) is 0 Å². The summed E-state index contributed by atoms with van der Waals surface area (Å²) in [5.74, 6) is -0.804. The minimum atomic E-state index is -4.07. The average Bonchev–Trinajstić information content (AvgIpc) is 2.97. The minimum Gasteiger partial charge on any atom is -0.353 e. The molecule has 0 bridgehead atoms. The minimum absolute atomic E-state index is 0.0720. The molecule has 1 atom stereocenters. The largest absolute Gasteiger partial charge is 0.353 e. The molecule has 2 heterocycles. The van der Waals surface area contributed by atoms with Gasteiger partial charge in [0.1, 0.15) is 0 Å². The Morgan fingerprint density at radius 3 is 2.09 bits per heavy atom. The first-order chi connectivity index (χ1) is 15.0. The van der Waals surface area contributed by atoms with Crippen LogP contribution in [0.5, 0.6) is 0 Å². The standard InChI is InChI=1S/C21H29NO8S2/c1-31(25,26)21(32(2,27)28,15-30-18-11-5-8-14-29-18)12-6-7-13-22-19(23)16-9-3-4-10-17(16)20(22)24/h3-4,9-10,18H,5-8,11-15H2,1-2H3. The number of rotatable bonds is 10. The maximum absolute atomic E-state index is 12.7. The lowest BCUT2D eigenvalue weighted by Crippen LogP contribution is -2.50. The Balaban J connectivity index is 1.68. The molecule has 0 aliphatic carbocycles. The van der Waals surface area contributed by atoms with Crippen LogP contribution in [0.25, 0.3) is 0 Å². The van der Waals surface area contributed by atoms with E-state index in [0.717, 1.165) is 30.3 Å². The van der Waals surface area contributed by atoms with E-state index in [4.69, 9.17) is 9.47 Å². The van der Waals surface area contributed by atoms with E-state index in [-0.39, 0.29) is 25.8 Å². The fourth-order valence-corrected chi connectivity index (χ4v) is 7.90. The lowest BCUT2D eigenvalue weighted by molar-refractivity contribution is -0.163. The molecule has 0 N–H and O–H groups in total. The van der Waals surface area contributed by atoms with E-state index in [2.05, 4.69) is 0 Å². The molecule has 0 saturated carbocycles. The second-order valence-electron chi connectivity index (χ2n) is 8.33. The van der Waals surface area contributed by atoms with Gasteiger partial charge in [0.2, 0.25) is 0 Å². The molecule has 1 fully saturated rings. The Hall–Kier alpha value is -1.82. The topological polar surface area (TPSA) is 124 Å². The van der Waals surface area contributed by atoms with Gasteiger partial charge in [0.05, 0.1) is 17.7 Å². The van der Waals surface area contributed by atoms with Gasteiger partial charge in [-0.25, -0.2) is 16.8 Å². The fraction of sp³-hybridized carbons (Fsp3) is 0.619. The first-order valence-corrected chi connectivity index (χ1v) is 14.3. The van der Waals surface area contributed by atoms with Crippen molar-refractivity contribution in [3.05, 3.63) is 35.4 Å². The maximum Gasteiger partial charge on any atom is 0.261 e. The lowest BCUT2D eigenvalue weighted by Gasteiger charge is -2.32. The molecular weight excluding hydrogens is 458 g/mol. The summed E-state index contributed by atoms with van der Waals surface area (Å²) >= 11 is 0. The first kappa shape index (κ1) is 24.8. The van der Waals surface area contributed by atoms with Crippen molar-refractivity contribution >= 4 is 31.5 Å². The lowest BCUT2D eigenvalue weighted by atomic mass is 10.1. The van der Waals surface area contributed by atoms with Gasteiger partial charge in [-0.1, -0.05) is 12.1 Å². The fourth-order valence-electron chi connectivity index (χ4n) is 4.10. The number of nitrogens with zero attached hydrogens (tertiary/aromatic N) is 1. The molecule has 1 aromatic carbocycles. The summed E-state index contributed by atoms with van der Waals surface area (Å²) in [7, 11) is -8.13. The van der Waals surface area contributed by atoms with Gasteiger partial charge in [0, 0.05) is 25.7 Å². The molecular formula is C21H29NO8S2. The van der Waals surface area contributed by atoms with Crippen molar-refractivity contribution in [2.75, 3.05) is 32.3 Å². The van der Waals surface area contributed by atoms with Gasteiger partial charge in [-0.3, -0.25) is 14.5 Å². The summed E-state index contributed by atoms with van der Waals surface area (Å²) in [6.07, 6.45) is 3.68. The number of hydrogen-bond donors (Lipinski definition) is 0. The number of imide groups is 1. The number of fused-ring (bicyclic) bond motifs is 1. The molecule has 0 spiro atoms. The van der Waals surface area contributed by atoms with E-state index in [0.29, 0.717) is 24.2 Å². The summed E-state index contributed by atoms with van der Waals surface area (Å²) < 4.78 is 59.6. The quantitative estimate of drug-likeness (QED) is 0.361. The molecule has 3 rings (SSSR count). The molecule has 2 aliphatic rings. The summed E-state index contributed by atoms with van der Waals surface area (Å²) in [4.78, 5) is 26.1. The van der Waals surface area contributed by atoms with Crippen LogP contribution < -0.4 is 0 Å². The van der Waals surface area contributed by atoms with Crippen LogP contribution in [0, 0.1) is 0 Å². The zero-order valence-corrected chi connectivity index (χ0v) is 19.9. The Kier molecular flexibility index (Phi) is 7.43. The highest BCUT2D eigenvalue weighted by Crippen LogP contribution is 2.32. The van der Waals surface area contributed by atoms with E-state index in [1.165, 1.54) is 0 Å². The number of ether oxygens (including phenoxy) is 2. The normalized spacial score (nSPS) is 19.9. The van der Waals surface area contributed by atoms with Crippen molar-refractivity contribution in [1.82, 2.24) is 4.90 Å². The number of hydrogen-bond acceptors (Lipinski definition) is 8. The van der Waals surface area contributed by atoms with Crippen LogP contribution in [-0.2, 0) is 29.1 Å². The predicted octanol–water partition coefficient (Wildman–Crippen LogP) is 1.78. The summed E-state index contributed by atoms with van der Waals surface area (Å²) in [5.41, 5.74) is 0.667. The van der Waals surface area contributed by atoms with Gasteiger partial charge in [-0.15, -0.1) is 0 Å². The van der Waals surface area contributed by atoms with Gasteiger partial charge in [0.25, 0.3) is 11.8 Å². The zero-order valence-electron chi connectivity index (χ0n) is 18.3. The van der Waals surface area contributed by atoms with Gasteiger partial charge in [0.15, 0.2) is 30.0 Å². The zero-order chi connectivity index (χ0) is 23.6. The predicted molar refractivity (Wildman–Crippen MR) is 118 cm³/mol. The average molecular weight is 488 g/mol. The number of unbranched alkanes of at least 4 members (excludes halogenated alkanes) is 1. The van der Waals surface area contributed by atoms with Gasteiger partial charge in [-0.2, -0.15) is 0 Å². The number of benzene rings is 1. The first-order valence-electron chi connectivity index (χ1n) is 10.6. The second kappa shape index (κ2) is 9.58. The monoisotopic (exact) mass is 487 g/mol. The summed E-state index contributed by atoms with van der Waals surface area (Å²) in [5, 5.41) is 0. The van der Waals surface area contributed by atoms with E-state index >= 15 is 0 Å². The third-order valence-corrected chi connectivity index (χ3v) is 11.2. The van der Waals surface area contributed by atoms with Crippen molar-refractivity contribution in [2.24, 2.45) is 0 Å². The number of carbonyl (C=O) groups is 2. The highest BCUT2D eigenvalue weighted by molar-refractivity contribution is 8.09. The van der Waals surface area contributed by atoms with Gasteiger partial charge >= 0.3 is 0 Å². The van der Waals surface area contributed by atoms with E-state index in [1.54, 1.807) is 24.3 Å². The molecule has 1 aromatic rings. The molecule has 32 heavy (non-hydrogen) atoms. The molecule has 178 valence electrons. The summed E-state index contributed by atoms with van der Waals surface area (Å²) in [6, 6.07) is 6.52. The second-order valence-corrected chi connectivity index (χ2v) is 13.2. The summed E-state index contributed by atoms with van der Waals surface area (Å²) in [6.45, 7) is 0.0284. The SMILES string of the molecule is CS(=O)(=O)C(CCCCN1C(=O)c2ccccc2C1=O)(COC1CCCCO1)S(C)(=O)=O. The molecule has 2 amide bonds. The molecule has 1 saturated heterocycles. The molecule has 9 nitrogen and oxygen atoms in total. The number of sulfone groups is 2. The van der Waals surface area contributed by atoms with Crippen molar-refractivity contribution in [2.45, 2.75) is 48.9 Å². The molecule has 0 radical (unpaired) electrons. The van der Waals surface area contributed by atoms with Crippen LogP contribution in [0.4, 0.5) is 0 Å². The number of carbonyl (C=O) groups excluding carboxylic acids is 2. The van der Waals surface area contributed by atoms with Crippen LogP contribution >= 0.6 is 0 Å². The van der Waals surface area contributed by atoms with Crippen LogP contribution in [0.1, 0.15) is 59.2 Å².